The van der Waals surface area contributed by atoms with Crippen LogP contribution in [-0.4, -0.2) is 46.6 Å². The standard InChI is InChI=1S/C19H22F2N4O3/c1-10(2)15(18(26)28-3)24-19(27)25-8-7-13-16(23-9-22-13)17(25)11-5-4-6-12(20)14(11)21/h4-6,9-10,15,17H,7-8H2,1-3H3,(H,22,23)(H,24,27)/t15-,17-/m1/s1. The molecule has 7 nitrogen and oxygen atoms in total. The van der Waals surface area contributed by atoms with Gasteiger partial charge in [-0.1, -0.05) is 26.0 Å². The van der Waals surface area contributed by atoms with Crippen LogP contribution in [0, 0.1) is 17.6 Å². The molecule has 150 valence electrons. The van der Waals surface area contributed by atoms with E-state index in [1.165, 1.54) is 30.5 Å². The van der Waals surface area contributed by atoms with Gasteiger partial charge >= 0.3 is 12.0 Å². The first kappa shape index (κ1) is 19.8. The summed E-state index contributed by atoms with van der Waals surface area (Å²) in [6.07, 6.45) is 1.93. The Hall–Kier alpha value is -2.97. The Kier molecular flexibility index (Phi) is 5.62. The maximum Gasteiger partial charge on any atom is 0.328 e. The van der Waals surface area contributed by atoms with Gasteiger partial charge in [-0.05, 0) is 12.0 Å². The Bertz CT molecular complexity index is 884. The number of halogens is 2. The molecule has 1 aliphatic heterocycles. The summed E-state index contributed by atoms with van der Waals surface area (Å²) in [4.78, 5) is 33.6. The second-order valence-electron chi connectivity index (χ2n) is 6.95. The first-order valence-corrected chi connectivity index (χ1v) is 8.96. The fourth-order valence-electron chi connectivity index (χ4n) is 3.38. The molecular formula is C19H22F2N4O3. The highest BCUT2D eigenvalue weighted by Crippen LogP contribution is 2.35. The Morgan fingerprint density at radius 1 is 1.36 bits per heavy atom. The van der Waals surface area contributed by atoms with E-state index < -0.39 is 35.7 Å². The van der Waals surface area contributed by atoms with Gasteiger partial charge < -0.3 is 19.9 Å². The van der Waals surface area contributed by atoms with Crippen LogP contribution in [0.1, 0.15) is 36.8 Å². The minimum atomic E-state index is -1.03. The van der Waals surface area contributed by atoms with Gasteiger partial charge in [0.1, 0.15) is 12.1 Å². The number of hydrogen-bond acceptors (Lipinski definition) is 4. The van der Waals surface area contributed by atoms with Crippen molar-refractivity contribution in [2.45, 2.75) is 32.4 Å². The lowest BCUT2D eigenvalue weighted by Crippen LogP contribution is -2.53. The van der Waals surface area contributed by atoms with Crippen molar-refractivity contribution in [3.63, 3.8) is 0 Å². The molecule has 0 aliphatic carbocycles. The molecule has 9 heteroatoms. The number of rotatable bonds is 4. The minimum absolute atomic E-state index is 0.00219. The lowest BCUT2D eigenvalue weighted by Gasteiger charge is -2.36. The van der Waals surface area contributed by atoms with Gasteiger partial charge in [0.15, 0.2) is 11.6 Å². The van der Waals surface area contributed by atoms with Crippen molar-refractivity contribution in [1.29, 1.82) is 0 Å². The molecule has 0 spiro atoms. The zero-order chi connectivity index (χ0) is 20.4. The Morgan fingerprint density at radius 2 is 2.11 bits per heavy atom. The first-order valence-electron chi connectivity index (χ1n) is 8.96. The highest BCUT2D eigenvalue weighted by atomic mass is 19.2. The van der Waals surface area contributed by atoms with Gasteiger partial charge in [0.05, 0.1) is 19.1 Å². The molecule has 2 heterocycles. The lowest BCUT2D eigenvalue weighted by molar-refractivity contribution is -0.144. The molecule has 0 unspecified atom stereocenters. The lowest BCUT2D eigenvalue weighted by atomic mass is 9.95. The number of aromatic amines is 1. The first-order chi connectivity index (χ1) is 13.3. The van der Waals surface area contributed by atoms with Crippen LogP contribution in [0.15, 0.2) is 24.5 Å². The number of urea groups is 1. The summed E-state index contributed by atoms with van der Waals surface area (Å²) in [7, 11) is 1.24. The quantitative estimate of drug-likeness (QED) is 0.783. The Labute approximate surface area is 161 Å². The monoisotopic (exact) mass is 392 g/mol. The van der Waals surface area contributed by atoms with Gasteiger partial charge in [0, 0.05) is 24.2 Å². The van der Waals surface area contributed by atoms with Gasteiger partial charge in [-0.3, -0.25) is 0 Å². The number of imidazole rings is 1. The summed E-state index contributed by atoms with van der Waals surface area (Å²) in [6.45, 7) is 3.79. The second kappa shape index (κ2) is 7.95. The summed E-state index contributed by atoms with van der Waals surface area (Å²) >= 11 is 0. The molecule has 0 saturated heterocycles. The van der Waals surface area contributed by atoms with Crippen molar-refractivity contribution < 1.29 is 23.1 Å². The van der Waals surface area contributed by atoms with E-state index in [1.54, 1.807) is 13.8 Å². The fraction of sp³-hybridized carbons (Fsp3) is 0.421. The molecule has 2 atom stereocenters. The number of nitrogens with zero attached hydrogens (tertiary/aromatic N) is 2. The molecule has 3 rings (SSSR count). The SMILES string of the molecule is COC(=O)[C@H](NC(=O)N1CCc2[nH]cnc2[C@H]1c1cccc(F)c1F)C(C)C. The summed E-state index contributed by atoms with van der Waals surface area (Å²) in [6, 6.07) is 1.46. The molecule has 0 saturated carbocycles. The predicted molar refractivity (Wildman–Crippen MR) is 96.4 cm³/mol. The largest absolute Gasteiger partial charge is 0.467 e. The van der Waals surface area contributed by atoms with Crippen molar-refractivity contribution in [3.05, 3.63) is 53.1 Å². The van der Waals surface area contributed by atoms with Crippen molar-refractivity contribution in [2.24, 2.45) is 5.92 Å². The van der Waals surface area contributed by atoms with Crippen molar-refractivity contribution in [1.82, 2.24) is 20.2 Å². The van der Waals surface area contributed by atoms with E-state index in [-0.39, 0.29) is 18.0 Å². The van der Waals surface area contributed by atoms with Gasteiger partial charge in [-0.15, -0.1) is 0 Å². The number of carbonyl (C=O) groups excluding carboxylic acids is 2. The maximum absolute atomic E-state index is 14.6. The van der Waals surface area contributed by atoms with Crippen LogP contribution in [0.25, 0.3) is 0 Å². The molecule has 1 aromatic heterocycles. The molecule has 1 aliphatic rings. The molecule has 0 radical (unpaired) electrons. The van der Waals surface area contributed by atoms with Crippen LogP contribution in [0.3, 0.4) is 0 Å². The van der Waals surface area contributed by atoms with Crippen LogP contribution in [0.2, 0.25) is 0 Å². The predicted octanol–water partition coefficient (Wildman–Crippen LogP) is 2.54. The summed E-state index contributed by atoms with van der Waals surface area (Å²) < 4.78 is 33.2. The van der Waals surface area contributed by atoms with Gasteiger partial charge in [0.2, 0.25) is 0 Å². The van der Waals surface area contributed by atoms with Crippen LogP contribution >= 0.6 is 0 Å². The summed E-state index contributed by atoms with van der Waals surface area (Å²) in [5, 5.41) is 2.65. The van der Waals surface area contributed by atoms with E-state index in [4.69, 9.17) is 4.74 Å². The smallest absolute Gasteiger partial charge is 0.328 e. The average Bonchev–Trinajstić information content (AvgIpc) is 3.15. The highest BCUT2D eigenvalue weighted by Gasteiger charge is 2.38. The van der Waals surface area contributed by atoms with Crippen LogP contribution < -0.4 is 5.32 Å². The van der Waals surface area contributed by atoms with E-state index in [0.717, 1.165) is 11.8 Å². The third-order valence-electron chi connectivity index (χ3n) is 4.86. The van der Waals surface area contributed by atoms with E-state index in [1.807, 2.05) is 0 Å². The summed E-state index contributed by atoms with van der Waals surface area (Å²) in [5.41, 5.74) is 1.21. The molecule has 1 aromatic carbocycles. The zero-order valence-corrected chi connectivity index (χ0v) is 15.8. The molecule has 28 heavy (non-hydrogen) atoms. The number of methoxy groups -OCH3 is 1. The van der Waals surface area contributed by atoms with Gasteiger partial charge in [-0.25, -0.2) is 23.4 Å². The average molecular weight is 392 g/mol. The fourth-order valence-corrected chi connectivity index (χ4v) is 3.38. The number of carbonyl (C=O) groups is 2. The van der Waals surface area contributed by atoms with Crippen molar-refractivity contribution in [2.75, 3.05) is 13.7 Å². The molecule has 0 bridgehead atoms. The molecule has 0 fully saturated rings. The minimum Gasteiger partial charge on any atom is -0.467 e. The number of fused-ring (bicyclic) bond motifs is 1. The number of ether oxygens (including phenoxy) is 1. The van der Waals surface area contributed by atoms with Gasteiger partial charge in [-0.2, -0.15) is 0 Å². The van der Waals surface area contributed by atoms with Gasteiger partial charge in [0.25, 0.3) is 0 Å². The highest BCUT2D eigenvalue weighted by molar-refractivity contribution is 5.84. The van der Waals surface area contributed by atoms with E-state index >= 15 is 0 Å². The van der Waals surface area contributed by atoms with Crippen molar-refractivity contribution >= 4 is 12.0 Å². The Morgan fingerprint density at radius 3 is 2.79 bits per heavy atom. The van der Waals surface area contributed by atoms with Crippen molar-refractivity contribution in [3.8, 4) is 0 Å². The molecule has 2 aromatic rings. The van der Waals surface area contributed by atoms with Crippen LogP contribution in [0.4, 0.5) is 13.6 Å². The molecule has 2 amide bonds. The van der Waals surface area contributed by atoms with Crippen LogP contribution in [-0.2, 0) is 16.0 Å². The van der Waals surface area contributed by atoms with Crippen LogP contribution in [0.5, 0.6) is 0 Å². The normalized spacial score (nSPS) is 17.2. The third kappa shape index (κ3) is 3.56. The maximum atomic E-state index is 14.6. The number of H-pyrrole nitrogens is 1. The molecule has 2 N–H and O–H groups in total. The van der Waals surface area contributed by atoms with E-state index in [9.17, 15) is 18.4 Å². The number of benzene rings is 1. The topological polar surface area (TPSA) is 87.3 Å². The third-order valence-corrected chi connectivity index (χ3v) is 4.86. The number of amides is 2. The number of nitrogens with one attached hydrogen (secondary N) is 2. The van der Waals surface area contributed by atoms with E-state index in [0.29, 0.717) is 12.1 Å². The summed E-state index contributed by atoms with van der Waals surface area (Å²) in [5.74, 6) is -2.83. The molecular weight excluding hydrogens is 370 g/mol. The number of aromatic nitrogens is 2. The Balaban J connectivity index is 1.98. The number of esters is 1. The number of hydrogen-bond donors (Lipinski definition) is 2. The second-order valence-corrected chi connectivity index (χ2v) is 6.95. The van der Waals surface area contributed by atoms with E-state index in [2.05, 4.69) is 15.3 Å². The zero-order valence-electron chi connectivity index (χ0n) is 15.8.